The smallest absolute Gasteiger partial charge is 0.228 e. The quantitative estimate of drug-likeness (QED) is 0.730. The minimum atomic E-state index is -0.872. The standard InChI is InChI=1S/C8H8ClFO2/c1-11-7-2-6(9)3-8(4-7)12-5-10/h2-4H,5H2,1H3. The van der Waals surface area contributed by atoms with E-state index in [4.69, 9.17) is 16.3 Å². The zero-order valence-corrected chi connectivity index (χ0v) is 7.27. The third kappa shape index (κ3) is 2.27. The van der Waals surface area contributed by atoms with Crippen LogP contribution in [0.3, 0.4) is 0 Å². The topological polar surface area (TPSA) is 18.5 Å². The van der Waals surface area contributed by atoms with Crippen LogP contribution in [0.5, 0.6) is 11.5 Å². The summed E-state index contributed by atoms with van der Waals surface area (Å²) in [6, 6.07) is 4.70. The molecule has 2 nitrogen and oxygen atoms in total. The molecule has 0 radical (unpaired) electrons. The summed E-state index contributed by atoms with van der Waals surface area (Å²) in [7, 11) is 1.50. The molecule has 0 atom stereocenters. The van der Waals surface area contributed by atoms with Crippen molar-refractivity contribution in [2.24, 2.45) is 0 Å². The van der Waals surface area contributed by atoms with Gasteiger partial charge in [0, 0.05) is 11.1 Å². The SMILES string of the molecule is COc1cc(Cl)cc(OCF)c1. The van der Waals surface area contributed by atoms with Crippen LogP contribution in [-0.2, 0) is 0 Å². The van der Waals surface area contributed by atoms with Crippen LogP contribution in [0.4, 0.5) is 4.39 Å². The Balaban J connectivity index is 2.90. The summed E-state index contributed by atoms with van der Waals surface area (Å²) in [5, 5.41) is 0.456. The summed E-state index contributed by atoms with van der Waals surface area (Å²) in [4.78, 5) is 0. The van der Waals surface area contributed by atoms with Crippen LogP contribution in [0, 0.1) is 0 Å². The Kier molecular flexibility index (Phi) is 3.17. The third-order valence-electron chi connectivity index (χ3n) is 1.30. The number of hydrogen-bond donors (Lipinski definition) is 0. The first-order chi connectivity index (χ1) is 5.76. The molecule has 0 spiro atoms. The maximum atomic E-state index is 11.7. The van der Waals surface area contributed by atoms with Crippen molar-refractivity contribution in [3.05, 3.63) is 23.2 Å². The van der Waals surface area contributed by atoms with Crippen LogP contribution < -0.4 is 9.47 Å². The van der Waals surface area contributed by atoms with E-state index in [1.807, 2.05) is 0 Å². The molecule has 1 aromatic rings. The molecule has 0 bridgehead atoms. The molecule has 1 rings (SSSR count). The van der Waals surface area contributed by atoms with E-state index in [0.717, 1.165) is 0 Å². The van der Waals surface area contributed by atoms with Crippen LogP contribution in [0.15, 0.2) is 18.2 Å². The fourth-order valence-corrected chi connectivity index (χ4v) is 1.02. The number of benzene rings is 1. The van der Waals surface area contributed by atoms with E-state index in [1.54, 1.807) is 12.1 Å². The summed E-state index contributed by atoms with van der Waals surface area (Å²) in [5.74, 6) is 0.910. The molecule has 0 amide bonds. The van der Waals surface area contributed by atoms with Crippen LogP contribution >= 0.6 is 11.6 Å². The van der Waals surface area contributed by atoms with Gasteiger partial charge < -0.3 is 9.47 Å². The van der Waals surface area contributed by atoms with Crippen molar-refractivity contribution in [2.75, 3.05) is 14.0 Å². The first-order valence-electron chi connectivity index (χ1n) is 3.29. The molecule has 0 aliphatic rings. The van der Waals surface area contributed by atoms with Gasteiger partial charge in [-0.3, -0.25) is 0 Å². The fourth-order valence-electron chi connectivity index (χ4n) is 0.801. The Morgan fingerprint density at radius 2 is 2.00 bits per heavy atom. The highest BCUT2D eigenvalue weighted by Crippen LogP contribution is 2.25. The molecule has 0 aliphatic carbocycles. The number of hydrogen-bond acceptors (Lipinski definition) is 2. The van der Waals surface area contributed by atoms with Crippen LogP contribution in [0.25, 0.3) is 0 Å². The normalized spacial score (nSPS) is 9.58. The molecular weight excluding hydrogens is 183 g/mol. The van der Waals surface area contributed by atoms with Crippen molar-refractivity contribution in [3.63, 3.8) is 0 Å². The molecular formula is C8H8ClFO2. The Morgan fingerprint density at radius 3 is 2.58 bits per heavy atom. The number of halogens is 2. The minimum absolute atomic E-state index is 0.363. The van der Waals surface area contributed by atoms with Gasteiger partial charge >= 0.3 is 0 Å². The Bertz CT molecular complexity index is 265. The summed E-state index contributed by atoms with van der Waals surface area (Å²) < 4.78 is 21.2. The molecule has 0 saturated carbocycles. The first-order valence-corrected chi connectivity index (χ1v) is 3.67. The number of methoxy groups -OCH3 is 1. The van der Waals surface area contributed by atoms with Gasteiger partial charge in [0.25, 0.3) is 0 Å². The Morgan fingerprint density at radius 1 is 1.33 bits per heavy atom. The second-order valence-corrected chi connectivity index (χ2v) is 2.52. The fraction of sp³-hybridized carbons (Fsp3) is 0.250. The number of rotatable bonds is 3. The lowest BCUT2D eigenvalue weighted by atomic mass is 10.3. The van der Waals surface area contributed by atoms with Gasteiger partial charge in [0.2, 0.25) is 6.86 Å². The first kappa shape index (κ1) is 9.13. The van der Waals surface area contributed by atoms with Crippen molar-refractivity contribution in [1.82, 2.24) is 0 Å². The second kappa shape index (κ2) is 4.16. The van der Waals surface area contributed by atoms with E-state index < -0.39 is 6.86 Å². The van der Waals surface area contributed by atoms with Gasteiger partial charge in [0.15, 0.2) is 0 Å². The van der Waals surface area contributed by atoms with Crippen molar-refractivity contribution in [3.8, 4) is 11.5 Å². The zero-order valence-electron chi connectivity index (χ0n) is 6.51. The highest BCUT2D eigenvalue weighted by molar-refractivity contribution is 6.30. The maximum absolute atomic E-state index is 11.7. The average Bonchev–Trinajstić information content (AvgIpc) is 2.04. The summed E-state index contributed by atoms with van der Waals surface area (Å²) in [5.41, 5.74) is 0. The van der Waals surface area contributed by atoms with E-state index in [-0.39, 0.29) is 0 Å². The molecule has 66 valence electrons. The summed E-state index contributed by atoms with van der Waals surface area (Å²) in [6.45, 7) is -0.872. The number of ether oxygens (including phenoxy) is 2. The number of alkyl halides is 1. The van der Waals surface area contributed by atoms with Crippen molar-refractivity contribution in [2.45, 2.75) is 0 Å². The van der Waals surface area contributed by atoms with Gasteiger partial charge in [-0.05, 0) is 12.1 Å². The van der Waals surface area contributed by atoms with Gasteiger partial charge in [0.05, 0.1) is 7.11 Å². The summed E-state index contributed by atoms with van der Waals surface area (Å²) >= 11 is 5.68. The van der Waals surface area contributed by atoms with Gasteiger partial charge in [-0.25, -0.2) is 4.39 Å². The van der Waals surface area contributed by atoms with Crippen molar-refractivity contribution in [1.29, 1.82) is 0 Å². The third-order valence-corrected chi connectivity index (χ3v) is 1.52. The molecule has 0 N–H and O–H groups in total. The van der Waals surface area contributed by atoms with E-state index in [2.05, 4.69) is 4.74 Å². The van der Waals surface area contributed by atoms with Gasteiger partial charge in [-0.2, -0.15) is 0 Å². The molecule has 0 heterocycles. The largest absolute Gasteiger partial charge is 0.497 e. The average molecular weight is 191 g/mol. The van der Waals surface area contributed by atoms with E-state index in [0.29, 0.717) is 16.5 Å². The minimum Gasteiger partial charge on any atom is -0.497 e. The lowest BCUT2D eigenvalue weighted by Crippen LogP contribution is -1.91. The highest BCUT2D eigenvalue weighted by atomic mass is 35.5. The molecule has 0 aliphatic heterocycles. The molecule has 4 heteroatoms. The molecule has 0 fully saturated rings. The predicted molar refractivity (Wildman–Crippen MR) is 44.6 cm³/mol. The molecule has 0 saturated heterocycles. The van der Waals surface area contributed by atoms with Crippen LogP contribution in [-0.4, -0.2) is 14.0 Å². The van der Waals surface area contributed by atoms with Gasteiger partial charge in [-0.15, -0.1) is 0 Å². The monoisotopic (exact) mass is 190 g/mol. The van der Waals surface area contributed by atoms with Gasteiger partial charge in [-0.1, -0.05) is 11.6 Å². The predicted octanol–water partition coefficient (Wildman–Crippen LogP) is 2.65. The maximum Gasteiger partial charge on any atom is 0.228 e. The van der Waals surface area contributed by atoms with E-state index in [1.165, 1.54) is 13.2 Å². The van der Waals surface area contributed by atoms with Gasteiger partial charge in [0.1, 0.15) is 11.5 Å². The lowest BCUT2D eigenvalue weighted by Gasteiger charge is -2.04. The Labute approximate surface area is 74.9 Å². The molecule has 0 unspecified atom stereocenters. The van der Waals surface area contributed by atoms with E-state index >= 15 is 0 Å². The highest BCUT2D eigenvalue weighted by Gasteiger charge is 1.99. The van der Waals surface area contributed by atoms with Crippen LogP contribution in [0.2, 0.25) is 5.02 Å². The molecule has 12 heavy (non-hydrogen) atoms. The van der Waals surface area contributed by atoms with E-state index in [9.17, 15) is 4.39 Å². The van der Waals surface area contributed by atoms with Crippen LogP contribution in [0.1, 0.15) is 0 Å². The summed E-state index contributed by atoms with van der Waals surface area (Å²) in [6.07, 6.45) is 0. The molecule has 0 aromatic heterocycles. The molecule has 1 aromatic carbocycles. The Hall–Kier alpha value is -0.960. The second-order valence-electron chi connectivity index (χ2n) is 2.08. The van der Waals surface area contributed by atoms with Crippen molar-refractivity contribution < 1.29 is 13.9 Å². The lowest BCUT2D eigenvalue weighted by molar-refractivity contribution is 0.191. The zero-order chi connectivity index (χ0) is 8.97. The van der Waals surface area contributed by atoms with Crippen molar-refractivity contribution >= 4 is 11.6 Å².